The molecule has 9 nitrogen and oxygen atoms in total. The van der Waals surface area contributed by atoms with Crippen molar-refractivity contribution in [1.29, 1.82) is 5.26 Å². The van der Waals surface area contributed by atoms with E-state index in [-0.39, 0.29) is 25.4 Å². The van der Waals surface area contributed by atoms with Gasteiger partial charge >= 0.3 is 6.03 Å². The molecule has 0 bridgehead atoms. The summed E-state index contributed by atoms with van der Waals surface area (Å²) >= 11 is 0. The molecule has 11 heteroatoms. The number of benzene rings is 1. The number of nitrogens with one attached hydrogen (secondary N) is 2. The molecule has 2 saturated heterocycles. The van der Waals surface area contributed by atoms with E-state index in [1.54, 1.807) is 31.1 Å². The topological polar surface area (TPSA) is 115 Å². The fourth-order valence-corrected chi connectivity index (χ4v) is 5.36. The van der Waals surface area contributed by atoms with Gasteiger partial charge in [0, 0.05) is 38.2 Å². The highest BCUT2D eigenvalue weighted by atomic mass is 19.3. The van der Waals surface area contributed by atoms with Crippen molar-refractivity contribution in [1.82, 2.24) is 15.5 Å². The largest absolute Gasteiger partial charge is 0.497 e. The van der Waals surface area contributed by atoms with Crippen molar-refractivity contribution < 1.29 is 27.9 Å². The number of amides is 4. The van der Waals surface area contributed by atoms with E-state index in [1.165, 1.54) is 4.90 Å². The van der Waals surface area contributed by atoms with Gasteiger partial charge in [0.15, 0.2) is 0 Å². The predicted molar refractivity (Wildman–Crippen MR) is 136 cm³/mol. The molecular formula is C27H35F2N5O4. The molecule has 206 valence electrons. The Balaban J connectivity index is 1.38. The number of ether oxygens (including phenoxy) is 1. The second kappa shape index (κ2) is 10.8. The summed E-state index contributed by atoms with van der Waals surface area (Å²) in [4.78, 5) is 42.5. The van der Waals surface area contributed by atoms with Gasteiger partial charge in [-0.25, -0.2) is 13.6 Å². The summed E-state index contributed by atoms with van der Waals surface area (Å²) in [7, 11) is 1.58. The standard InChI is InChI=1S/C27H35F2N5O4/c1-3-8-27(28,29)17-21(22(35)32-26(18-30)9-10-26)31-24(37)33-14-11-25(12-15-33)13-16-34(23(25)36)19-4-6-20(38-2)7-5-19/h4-7,21H,3,8-17H2,1-2H3,(H,31,37)(H,32,35)/t21-/m0/s1. The summed E-state index contributed by atoms with van der Waals surface area (Å²) in [5, 5.41) is 14.3. The molecule has 4 rings (SSSR count). The van der Waals surface area contributed by atoms with Crippen LogP contribution in [0, 0.1) is 16.7 Å². The molecular weight excluding hydrogens is 496 g/mol. The summed E-state index contributed by atoms with van der Waals surface area (Å²) in [5.74, 6) is -3.19. The van der Waals surface area contributed by atoms with Crippen LogP contribution in [0.2, 0.25) is 0 Å². The number of carbonyl (C=O) groups excluding carboxylic acids is 3. The van der Waals surface area contributed by atoms with Crippen molar-refractivity contribution >= 4 is 23.5 Å². The lowest BCUT2D eigenvalue weighted by molar-refractivity contribution is -0.127. The number of alkyl halides is 2. The van der Waals surface area contributed by atoms with Gasteiger partial charge in [0.25, 0.3) is 5.92 Å². The molecule has 0 aromatic heterocycles. The monoisotopic (exact) mass is 531 g/mol. The minimum absolute atomic E-state index is 0.0189. The average molecular weight is 532 g/mol. The SMILES string of the molecule is CCCC(F)(F)C[C@H](NC(=O)N1CCC2(CC1)CCN(c1ccc(OC)cc1)C2=O)C(=O)NC1(C#N)CC1. The summed E-state index contributed by atoms with van der Waals surface area (Å²) in [6.07, 6.45) is 1.46. The van der Waals surface area contributed by atoms with Gasteiger partial charge in [-0.05, 0) is 56.4 Å². The second-order valence-corrected chi connectivity index (χ2v) is 10.7. The number of hydrogen-bond acceptors (Lipinski definition) is 5. The molecule has 1 aromatic carbocycles. The number of likely N-dealkylation sites (tertiary alicyclic amines) is 1. The van der Waals surface area contributed by atoms with Crippen LogP contribution in [0.5, 0.6) is 5.75 Å². The molecule has 0 unspecified atom stereocenters. The molecule has 3 aliphatic rings. The Bertz CT molecular complexity index is 1090. The van der Waals surface area contributed by atoms with Crippen LogP contribution in [-0.4, -0.2) is 67.0 Å². The van der Waals surface area contributed by atoms with Crippen LogP contribution in [0.4, 0.5) is 19.3 Å². The van der Waals surface area contributed by atoms with Gasteiger partial charge in [-0.3, -0.25) is 9.59 Å². The minimum atomic E-state index is -3.14. The van der Waals surface area contributed by atoms with Gasteiger partial charge in [0.1, 0.15) is 17.3 Å². The van der Waals surface area contributed by atoms with E-state index in [0.717, 1.165) is 5.69 Å². The van der Waals surface area contributed by atoms with Crippen molar-refractivity contribution in [3.63, 3.8) is 0 Å². The van der Waals surface area contributed by atoms with Crippen LogP contribution in [0.25, 0.3) is 0 Å². The highest BCUT2D eigenvalue weighted by Gasteiger charge is 2.50. The van der Waals surface area contributed by atoms with Crippen molar-refractivity contribution in [2.24, 2.45) is 5.41 Å². The number of carbonyl (C=O) groups is 3. The van der Waals surface area contributed by atoms with Crippen molar-refractivity contribution in [2.75, 3.05) is 31.6 Å². The van der Waals surface area contributed by atoms with E-state index in [0.29, 0.717) is 44.4 Å². The zero-order chi connectivity index (χ0) is 27.6. The lowest BCUT2D eigenvalue weighted by Gasteiger charge is -2.38. The van der Waals surface area contributed by atoms with E-state index in [9.17, 15) is 28.4 Å². The molecule has 2 heterocycles. The molecule has 1 atom stereocenters. The molecule has 2 aliphatic heterocycles. The summed E-state index contributed by atoms with van der Waals surface area (Å²) in [6.45, 7) is 2.75. The Kier molecular flexibility index (Phi) is 7.81. The number of anilines is 1. The smallest absolute Gasteiger partial charge is 0.318 e. The number of nitriles is 1. The van der Waals surface area contributed by atoms with E-state index in [2.05, 4.69) is 10.6 Å². The van der Waals surface area contributed by atoms with Crippen molar-refractivity contribution in [3.8, 4) is 11.8 Å². The number of piperidine rings is 1. The van der Waals surface area contributed by atoms with Crippen LogP contribution in [-0.2, 0) is 9.59 Å². The first kappa shape index (κ1) is 27.6. The molecule has 3 fully saturated rings. The number of nitrogens with zero attached hydrogens (tertiary/aromatic N) is 3. The molecule has 4 amide bonds. The summed E-state index contributed by atoms with van der Waals surface area (Å²) in [5.41, 5.74) is -0.816. The van der Waals surface area contributed by atoms with Crippen LogP contribution in [0.1, 0.15) is 58.3 Å². The molecule has 0 radical (unpaired) electrons. The number of rotatable bonds is 9. The van der Waals surface area contributed by atoms with E-state index in [4.69, 9.17) is 4.74 Å². The van der Waals surface area contributed by atoms with Gasteiger partial charge in [-0.2, -0.15) is 5.26 Å². The maximum absolute atomic E-state index is 14.5. The first-order valence-electron chi connectivity index (χ1n) is 13.2. The summed E-state index contributed by atoms with van der Waals surface area (Å²) in [6, 6.07) is 7.22. The zero-order valence-electron chi connectivity index (χ0n) is 21.9. The van der Waals surface area contributed by atoms with Crippen LogP contribution < -0.4 is 20.3 Å². The van der Waals surface area contributed by atoms with Crippen LogP contribution in [0.3, 0.4) is 0 Å². The maximum atomic E-state index is 14.5. The number of halogens is 2. The Hall–Kier alpha value is -3.42. The normalized spacial score (nSPS) is 20.6. The number of methoxy groups -OCH3 is 1. The predicted octanol–water partition coefficient (Wildman–Crippen LogP) is 3.59. The van der Waals surface area contributed by atoms with Gasteiger partial charge in [0.05, 0.1) is 18.6 Å². The van der Waals surface area contributed by atoms with E-state index < -0.39 is 47.7 Å². The van der Waals surface area contributed by atoms with Gasteiger partial charge in [0.2, 0.25) is 11.8 Å². The Morgan fingerprint density at radius 1 is 1.13 bits per heavy atom. The fourth-order valence-electron chi connectivity index (χ4n) is 5.36. The second-order valence-electron chi connectivity index (χ2n) is 10.7. The molecule has 2 N–H and O–H groups in total. The molecule has 1 saturated carbocycles. The molecule has 1 aromatic rings. The maximum Gasteiger partial charge on any atom is 0.318 e. The van der Waals surface area contributed by atoms with Gasteiger partial charge in [-0.15, -0.1) is 0 Å². The highest BCUT2D eigenvalue weighted by molar-refractivity contribution is 6.00. The Morgan fingerprint density at radius 3 is 2.32 bits per heavy atom. The van der Waals surface area contributed by atoms with Crippen molar-refractivity contribution in [3.05, 3.63) is 24.3 Å². The third-order valence-corrected chi connectivity index (χ3v) is 7.96. The minimum Gasteiger partial charge on any atom is -0.497 e. The third kappa shape index (κ3) is 5.84. The quantitative estimate of drug-likeness (QED) is 0.506. The first-order chi connectivity index (χ1) is 18.1. The third-order valence-electron chi connectivity index (χ3n) is 7.96. The number of urea groups is 1. The Morgan fingerprint density at radius 2 is 1.76 bits per heavy atom. The first-order valence-corrected chi connectivity index (χ1v) is 13.2. The highest BCUT2D eigenvalue weighted by Crippen LogP contribution is 2.43. The average Bonchev–Trinajstić information content (AvgIpc) is 3.61. The van der Waals surface area contributed by atoms with Gasteiger partial charge in [-0.1, -0.05) is 13.3 Å². The van der Waals surface area contributed by atoms with Crippen LogP contribution in [0.15, 0.2) is 24.3 Å². The molecule has 1 aliphatic carbocycles. The zero-order valence-corrected chi connectivity index (χ0v) is 21.9. The molecule has 38 heavy (non-hydrogen) atoms. The van der Waals surface area contributed by atoms with E-state index >= 15 is 0 Å². The fraction of sp³-hybridized carbons (Fsp3) is 0.630. The van der Waals surface area contributed by atoms with Crippen molar-refractivity contribution in [2.45, 2.75) is 75.8 Å². The lowest BCUT2D eigenvalue weighted by atomic mass is 9.77. The van der Waals surface area contributed by atoms with Gasteiger partial charge < -0.3 is 25.2 Å². The lowest BCUT2D eigenvalue weighted by Crippen LogP contribution is -2.56. The van der Waals surface area contributed by atoms with Crippen LogP contribution >= 0.6 is 0 Å². The summed E-state index contributed by atoms with van der Waals surface area (Å²) < 4.78 is 34.1. The Labute approximate surface area is 221 Å². The van der Waals surface area contributed by atoms with E-state index in [1.807, 2.05) is 18.2 Å². The number of hydrogen-bond donors (Lipinski definition) is 2. The molecule has 1 spiro atoms.